The van der Waals surface area contributed by atoms with Gasteiger partial charge in [0, 0.05) is 23.9 Å². The summed E-state index contributed by atoms with van der Waals surface area (Å²) in [5.74, 6) is 6.22. The Balaban J connectivity index is 2.15. The van der Waals surface area contributed by atoms with Crippen molar-refractivity contribution in [3.8, 4) is 0 Å². The molecule has 3 nitrogen and oxygen atoms in total. The van der Waals surface area contributed by atoms with E-state index in [1.807, 2.05) is 12.3 Å². The summed E-state index contributed by atoms with van der Waals surface area (Å²) >= 11 is 0. The minimum atomic E-state index is 0.379. The van der Waals surface area contributed by atoms with Crippen molar-refractivity contribution in [1.29, 1.82) is 0 Å². The number of rotatable bonds is 5. The molecule has 1 aliphatic carbocycles. The Morgan fingerprint density at radius 3 is 3.24 bits per heavy atom. The minimum absolute atomic E-state index is 0.379. The molecule has 3 heteroatoms. The lowest BCUT2D eigenvalue weighted by Gasteiger charge is -2.31. The lowest BCUT2D eigenvalue weighted by Crippen LogP contribution is -2.41. The number of hydrogen-bond donors (Lipinski definition) is 2. The van der Waals surface area contributed by atoms with Crippen molar-refractivity contribution < 1.29 is 0 Å². The zero-order valence-corrected chi connectivity index (χ0v) is 10.7. The molecular formula is C14H23N3. The van der Waals surface area contributed by atoms with Crippen LogP contribution in [0.4, 0.5) is 0 Å². The maximum absolute atomic E-state index is 5.72. The van der Waals surface area contributed by atoms with Crippen LogP contribution < -0.4 is 11.3 Å². The fraction of sp³-hybridized carbons (Fsp3) is 0.643. The third-order valence-corrected chi connectivity index (χ3v) is 3.81. The molecule has 1 aromatic rings. The quantitative estimate of drug-likeness (QED) is 0.607. The molecule has 0 spiro atoms. The van der Waals surface area contributed by atoms with Crippen molar-refractivity contribution in [2.45, 2.75) is 57.4 Å². The summed E-state index contributed by atoms with van der Waals surface area (Å²) in [7, 11) is 0. The van der Waals surface area contributed by atoms with E-state index in [1.165, 1.54) is 43.4 Å². The fourth-order valence-electron chi connectivity index (χ4n) is 2.86. The molecule has 94 valence electrons. The summed E-state index contributed by atoms with van der Waals surface area (Å²) in [5.41, 5.74) is 5.70. The van der Waals surface area contributed by atoms with E-state index < -0.39 is 0 Å². The predicted octanol–water partition coefficient (Wildman–Crippen LogP) is 2.52. The van der Waals surface area contributed by atoms with Crippen LogP contribution in [0.3, 0.4) is 0 Å². The maximum atomic E-state index is 5.72. The highest BCUT2D eigenvalue weighted by molar-refractivity contribution is 5.27. The number of nitrogens with zero attached hydrogens (tertiary/aromatic N) is 1. The zero-order chi connectivity index (χ0) is 12.1. The summed E-state index contributed by atoms with van der Waals surface area (Å²) in [4.78, 5) is 4.58. The van der Waals surface area contributed by atoms with Crippen molar-refractivity contribution >= 4 is 0 Å². The summed E-state index contributed by atoms with van der Waals surface area (Å²) in [5, 5.41) is 0. The molecule has 0 aromatic carbocycles. The maximum Gasteiger partial charge on any atom is 0.0482 e. The molecule has 2 unspecified atom stereocenters. The number of hydrazine groups is 1. The van der Waals surface area contributed by atoms with E-state index in [0.29, 0.717) is 12.0 Å². The van der Waals surface area contributed by atoms with Gasteiger partial charge >= 0.3 is 0 Å². The number of aromatic nitrogens is 1. The molecule has 0 fully saturated rings. The van der Waals surface area contributed by atoms with Crippen molar-refractivity contribution in [1.82, 2.24) is 10.4 Å². The Labute approximate surface area is 104 Å². The van der Waals surface area contributed by atoms with Gasteiger partial charge in [-0.15, -0.1) is 0 Å². The molecule has 1 aromatic heterocycles. The second-order valence-corrected chi connectivity index (χ2v) is 4.96. The summed E-state index contributed by atoms with van der Waals surface area (Å²) in [6.07, 6.45) is 9.15. The molecule has 0 saturated heterocycles. The second-order valence-electron chi connectivity index (χ2n) is 4.96. The first-order chi connectivity index (χ1) is 8.36. The second kappa shape index (κ2) is 6.12. The van der Waals surface area contributed by atoms with Gasteiger partial charge in [-0.2, -0.15) is 0 Å². The zero-order valence-electron chi connectivity index (χ0n) is 10.7. The average molecular weight is 233 g/mol. The first kappa shape index (κ1) is 12.5. The number of aryl methyl sites for hydroxylation is 1. The van der Waals surface area contributed by atoms with Gasteiger partial charge in [-0.25, -0.2) is 0 Å². The number of nitrogens with one attached hydrogen (secondary N) is 1. The smallest absolute Gasteiger partial charge is 0.0482 e. The van der Waals surface area contributed by atoms with Crippen LogP contribution in [0.15, 0.2) is 18.3 Å². The lowest BCUT2D eigenvalue weighted by atomic mass is 9.80. The molecule has 1 aliphatic rings. The molecule has 0 bridgehead atoms. The molecule has 17 heavy (non-hydrogen) atoms. The third kappa shape index (κ3) is 2.85. The number of nitrogens with two attached hydrogens (primary N) is 1. The van der Waals surface area contributed by atoms with Crippen LogP contribution in [0.2, 0.25) is 0 Å². The Morgan fingerprint density at radius 1 is 1.59 bits per heavy atom. The van der Waals surface area contributed by atoms with Crippen LogP contribution in [-0.2, 0) is 6.42 Å². The molecule has 0 aliphatic heterocycles. The van der Waals surface area contributed by atoms with Crippen molar-refractivity contribution in [3.63, 3.8) is 0 Å². The molecule has 3 N–H and O–H groups in total. The van der Waals surface area contributed by atoms with Gasteiger partial charge < -0.3 is 0 Å². The monoisotopic (exact) mass is 233 g/mol. The molecule has 2 atom stereocenters. The highest BCUT2D eigenvalue weighted by Crippen LogP contribution is 2.33. The van der Waals surface area contributed by atoms with Crippen LogP contribution in [0.5, 0.6) is 0 Å². The van der Waals surface area contributed by atoms with Crippen LogP contribution in [0.1, 0.15) is 56.2 Å². The summed E-state index contributed by atoms with van der Waals surface area (Å²) in [6, 6.07) is 4.63. The van der Waals surface area contributed by atoms with Gasteiger partial charge in [-0.3, -0.25) is 16.3 Å². The first-order valence-corrected chi connectivity index (χ1v) is 6.76. The Kier molecular flexibility index (Phi) is 4.51. The Hall–Kier alpha value is -0.930. The molecule has 1 heterocycles. The van der Waals surface area contributed by atoms with Crippen molar-refractivity contribution in [2.75, 3.05) is 0 Å². The van der Waals surface area contributed by atoms with Gasteiger partial charge in [0.15, 0.2) is 0 Å². The molecule has 0 amide bonds. The number of hydrogen-bond acceptors (Lipinski definition) is 3. The highest BCUT2D eigenvalue weighted by atomic mass is 15.2. The number of pyridine rings is 1. The summed E-state index contributed by atoms with van der Waals surface area (Å²) < 4.78 is 0. The van der Waals surface area contributed by atoms with E-state index >= 15 is 0 Å². The van der Waals surface area contributed by atoms with Gasteiger partial charge in [-0.05, 0) is 37.3 Å². The minimum Gasteiger partial charge on any atom is -0.271 e. The van der Waals surface area contributed by atoms with E-state index in [2.05, 4.69) is 23.4 Å². The SMILES string of the molecule is CCCCC(NN)C1CCCc2cccnc21. The third-order valence-electron chi connectivity index (χ3n) is 3.81. The van der Waals surface area contributed by atoms with Gasteiger partial charge in [-0.1, -0.05) is 25.8 Å². The highest BCUT2D eigenvalue weighted by Gasteiger charge is 2.27. The van der Waals surface area contributed by atoms with E-state index in [0.717, 1.165) is 6.42 Å². The predicted molar refractivity (Wildman–Crippen MR) is 70.6 cm³/mol. The lowest BCUT2D eigenvalue weighted by molar-refractivity contribution is 0.364. The van der Waals surface area contributed by atoms with Crippen LogP contribution in [0, 0.1) is 0 Å². The van der Waals surface area contributed by atoms with Gasteiger partial charge in [0.25, 0.3) is 0 Å². The van der Waals surface area contributed by atoms with Gasteiger partial charge in [0.2, 0.25) is 0 Å². The molecule has 0 saturated carbocycles. The molecule has 0 radical (unpaired) electrons. The Morgan fingerprint density at radius 2 is 2.47 bits per heavy atom. The van der Waals surface area contributed by atoms with Crippen molar-refractivity contribution in [2.24, 2.45) is 5.84 Å². The largest absolute Gasteiger partial charge is 0.271 e. The average Bonchev–Trinajstić information content (AvgIpc) is 2.40. The van der Waals surface area contributed by atoms with E-state index in [9.17, 15) is 0 Å². The molecular weight excluding hydrogens is 210 g/mol. The van der Waals surface area contributed by atoms with Crippen LogP contribution in [0.25, 0.3) is 0 Å². The van der Waals surface area contributed by atoms with E-state index in [-0.39, 0.29) is 0 Å². The fourth-order valence-corrected chi connectivity index (χ4v) is 2.86. The molecule has 2 rings (SSSR count). The van der Waals surface area contributed by atoms with Crippen LogP contribution >= 0.6 is 0 Å². The first-order valence-electron chi connectivity index (χ1n) is 6.76. The van der Waals surface area contributed by atoms with E-state index in [1.54, 1.807) is 0 Å². The van der Waals surface area contributed by atoms with Gasteiger partial charge in [0.05, 0.1) is 0 Å². The number of fused-ring (bicyclic) bond motifs is 1. The normalized spacial score (nSPS) is 20.9. The van der Waals surface area contributed by atoms with Crippen LogP contribution in [-0.4, -0.2) is 11.0 Å². The summed E-state index contributed by atoms with van der Waals surface area (Å²) in [6.45, 7) is 2.22. The Bertz CT molecular complexity index is 351. The van der Waals surface area contributed by atoms with E-state index in [4.69, 9.17) is 5.84 Å². The van der Waals surface area contributed by atoms with Gasteiger partial charge in [0.1, 0.15) is 0 Å². The topological polar surface area (TPSA) is 50.9 Å². The number of unbranched alkanes of at least 4 members (excludes halogenated alkanes) is 1. The standard InChI is InChI=1S/C14H23N3/c1-2-3-9-13(17-15)12-8-4-6-11-7-5-10-16-14(11)12/h5,7,10,12-13,17H,2-4,6,8-9,15H2,1H3. The van der Waals surface area contributed by atoms with Crippen molar-refractivity contribution in [3.05, 3.63) is 29.6 Å².